The van der Waals surface area contributed by atoms with Gasteiger partial charge in [0.25, 0.3) is 0 Å². The van der Waals surface area contributed by atoms with Crippen molar-refractivity contribution in [3.63, 3.8) is 0 Å². The number of nitrogens with zero attached hydrogens (tertiary/aromatic N) is 2. The molecule has 0 saturated heterocycles. The summed E-state index contributed by atoms with van der Waals surface area (Å²) < 4.78 is 40.7. The smallest absolute Gasteiger partial charge is 0.244 e. The first-order chi connectivity index (χ1) is 19.4. The zero-order valence-corrected chi connectivity index (χ0v) is 26.3. The Morgan fingerprint density at radius 2 is 1.40 bits per heavy atom. The van der Waals surface area contributed by atoms with Crippen molar-refractivity contribution in [3.05, 3.63) is 101 Å². The lowest BCUT2D eigenvalue weighted by Crippen LogP contribution is -2.56. The summed E-state index contributed by atoms with van der Waals surface area (Å²) in [5.41, 5.74) is 2.09. The number of carbonyl (C=O) groups excluding carboxylic acids is 2. The highest BCUT2D eigenvalue weighted by molar-refractivity contribution is 7.92. The minimum absolute atomic E-state index is 0.0191. The van der Waals surface area contributed by atoms with E-state index in [0.29, 0.717) is 11.3 Å². The van der Waals surface area contributed by atoms with E-state index in [1.165, 1.54) is 17.0 Å². The average Bonchev–Trinajstić information content (AvgIpc) is 2.88. The molecule has 0 aliphatic heterocycles. The molecule has 0 saturated carbocycles. The number of nitrogens with one attached hydrogen (secondary N) is 1. The summed E-state index contributed by atoms with van der Waals surface area (Å²) in [6.07, 6.45) is 1.25. The van der Waals surface area contributed by atoms with Gasteiger partial charge < -0.3 is 10.2 Å². The van der Waals surface area contributed by atoms with Crippen molar-refractivity contribution >= 4 is 27.5 Å². The maximum Gasteiger partial charge on any atom is 0.244 e. The fraction of sp³-hybridized carbons (Fsp3) is 0.394. The summed E-state index contributed by atoms with van der Waals surface area (Å²) in [6, 6.07) is 21.1. The van der Waals surface area contributed by atoms with Crippen LogP contribution in [0.3, 0.4) is 0 Å². The second-order valence-electron chi connectivity index (χ2n) is 12.7. The maximum absolute atomic E-state index is 14.1. The molecule has 42 heavy (non-hydrogen) atoms. The molecular weight excluding hydrogens is 553 g/mol. The predicted molar refractivity (Wildman–Crippen MR) is 166 cm³/mol. The van der Waals surface area contributed by atoms with Crippen LogP contribution in [0.1, 0.15) is 58.2 Å². The Hall–Kier alpha value is -3.72. The standard InChI is InChI=1S/C33H42FN3O4S/c1-32(2,3)26-15-19-28(20-16-26)37(42(7,40)41)23-30(38)36(22-25-13-17-27(34)18-14-25)29(31(39)35-33(4,5)6)21-24-11-9-8-10-12-24/h8-20,29H,21-23H2,1-7H3,(H,35,39)/t29-/m0/s1. The molecule has 0 radical (unpaired) electrons. The van der Waals surface area contributed by atoms with Crippen LogP contribution in [0.15, 0.2) is 78.9 Å². The van der Waals surface area contributed by atoms with Crippen LogP contribution in [0.4, 0.5) is 10.1 Å². The molecule has 3 aromatic rings. The third kappa shape index (κ3) is 9.41. The third-order valence-electron chi connectivity index (χ3n) is 6.74. The van der Waals surface area contributed by atoms with Gasteiger partial charge in [-0.25, -0.2) is 12.8 Å². The Kier molecular flexibility index (Phi) is 10.2. The molecule has 0 aliphatic rings. The Bertz CT molecular complexity index is 1460. The van der Waals surface area contributed by atoms with Crippen molar-refractivity contribution in [2.24, 2.45) is 0 Å². The van der Waals surface area contributed by atoms with E-state index in [-0.39, 0.29) is 24.3 Å². The lowest BCUT2D eigenvalue weighted by Gasteiger charge is -2.35. The summed E-state index contributed by atoms with van der Waals surface area (Å²) in [5, 5.41) is 2.98. The first-order valence-electron chi connectivity index (χ1n) is 13.9. The van der Waals surface area contributed by atoms with E-state index in [9.17, 15) is 22.4 Å². The van der Waals surface area contributed by atoms with Crippen LogP contribution in [0, 0.1) is 5.82 Å². The molecule has 9 heteroatoms. The van der Waals surface area contributed by atoms with Gasteiger partial charge in [-0.3, -0.25) is 13.9 Å². The van der Waals surface area contributed by atoms with Crippen molar-refractivity contribution < 1.29 is 22.4 Å². The molecule has 0 bridgehead atoms. The molecule has 3 rings (SSSR count). The molecule has 0 heterocycles. The Morgan fingerprint density at radius 3 is 1.90 bits per heavy atom. The van der Waals surface area contributed by atoms with E-state index in [1.807, 2.05) is 63.2 Å². The summed E-state index contributed by atoms with van der Waals surface area (Å²) >= 11 is 0. The molecule has 1 atom stereocenters. The van der Waals surface area contributed by atoms with Crippen molar-refractivity contribution in [2.75, 3.05) is 17.1 Å². The van der Waals surface area contributed by atoms with Crippen molar-refractivity contribution in [3.8, 4) is 0 Å². The predicted octanol–water partition coefficient (Wildman–Crippen LogP) is 5.44. The molecule has 7 nitrogen and oxygen atoms in total. The topological polar surface area (TPSA) is 86.8 Å². The number of hydrogen-bond donors (Lipinski definition) is 1. The van der Waals surface area contributed by atoms with Crippen LogP contribution in [0.25, 0.3) is 0 Å². The summed E-state index contributed by atoms with van der Waals surface area (Å²) in [7, 11) is -3.87. The molecule has 2 amide bonds. The van der Waals surface area contributed by atoms with E-state index in [2.05, 4.69) is 26.1 Å². The van der Waals surface area contributed by atoms with Gasteiger partial charge in [-0.1, -0.05) is 75.4 Å². The second kappa shape index (κ2) is 13.1. The van der Waals surface area contributed by atoms with Gasteiger partial charge in [-0.2, -0.15) is 0 Å². The summed E-state index contributed by atoms with van der Waals surface area (Å²) in [6.45, 7) is 11.2. The number of benzene rings is 3. The summed E-state index contributed by atoms with van der Waals surface area (Å²) in [4.78, 5) is 29.3. The van der Waals surface area contributed by atoms with Crippen molar-refractivity contribution in [1.82, 2.24) is 10.2 Å². The molecule has 1 N–H and O–H groups in total. The Labute approximate surface area is 249 Å². The quantitative estimate of drug-likeness (QED) is 0.338. The van der Waals surface area contributed by atoms with E-state index in [0.717, 1.165) is 21.7 Å². The zero-order chi connectivity index (χ0) is 31.3. The Balaban J connectivity index is 2.06. The van der Waals surface area contributed by atoms with E-state index < -0.39 is 39.9 Å². The van der Waals surface area contributed by atoms with Crippen molar-refractivity contribution in [1.29, 1.82) is 0 Å². The van der Waals surface area contributed by atoms with Crippen LogP contribution in [0.5, 0.6) is 0 Å². The van der Waals surface area contributed by atoms with Crippen LogP contribution in [0.2, 0.25) is 0 Å². The van der Waals surface area contributed by atoms with Gasteiger partial charge in [0.05, 0.1) is 11.9 Å². The maximum atomic E-state index is 14.1. The fourth-order valence-electron chi connectivity index (χ4n) is 4.53. The minimum atomic E-state index is -3.87. The molecule has 0 aliphatic carbocycles. The third-order valence-corrected chi connectivity index (χ3v) is 7.88. The SMILES string of the molecule is CC(C)(C)NC(=O)[C@H](Cc1ccccc1)N(Cc1ccc(F)cc1)C(=O)CN(c1ccc(C(C)(C)C)cc1)S(C)(=O)=O. The number of rotatable bonds is 10. The first-order valence-corrected chi connectivity index (χ1v) is 15.8. The largest absolute Gasteiger partial charge is 0.350 e. The monoisotopic (exact) mass is 595 g/mol. The Morgan fingerprint density at radius 1 is 0.833 bits per heavy atom. The molecule has 0 aromatic heterocycles. The van der Waals surface area contributed by atoms with Gasteiger partial charge >= 0.3 is 0 Å². The summed E-state index contributed by atoms with van der Waals surface area (Å²) in [5.74, 6) is -1.36. The van der Waals surface area contributed by atoms with Gasteiger partial charge in [0, 0.05) is 18.5 Å². The van der Waals surface area contributed by atoms with Crippen LogP contribution >= 0.6 is 0 Å². The second-order valence-corrected chi connectivity index (χ2v) is 14.6. The number of amides is 2. The normalized spacial score (nSPS) is 12.9. The highest BCUT2D eigenvalue weighted by Crippen LogP contribution is 2.26. The van der Waals surface area contributed by atoms with Gasteiger partial charge in [0.2, 0.25) is 21.8 Å². The highest BCUT2D eigenvalue weighted by Gasteiger charge is 2.34. The number of hydrogen-bond acceptors (Lipinski definition) is 4. The molecule has 3 aromatic carbocycles. The zero-order valence-electron chi connectivity index (χ0n) is 25.5. The van der Waals surface area contributed by atoms with Crippen LogP contribution in [-0.2, 0) is 38.0 Å². The minimum Gasteiger partial charge on any atom is -0.350 e. The van der Waals surface area contributed by atoms with Gasteiger partial charge in [0.15, 0.2) is 0 Å². The van der Waals surface area contributed by atoms with Crippen LogP contribution in [-0.4, -0.2) is 49.5 Å². The van der Waals surface area contributed by atoms with Gasteiger partial charge in [-0.15, -0.1) is 0 Å². The molecule has 226 valence electrons. The number of anilines is 1. The fourth-order valence-corrected chi connectivity index (χ4v) is 5.38. The number of carbonyl (C=O) groups is 2. The van der Waals surface area contributed by atoms with E-state index >= 15 is 0 Å². The molecule has 0 unspecified atom stereocenters. The first kappa shape index (κ1) is 32.8. The van der Waals surface area contributed by atoms with Gasteiger partial charge in [0.1, 0.15) is 18.4 Å². The van der Waals surface area contributed by atoms with Crippen LogP contribution < -0.4 is 9.62 Å². The van der Waals surface area contributed by atoms with E-state index in [1.54, 1.807) is 24.3 Å². The lowest BCUT2D eigenvalue weighted by molar-refractivity contribution is -0.140. The van der Waals surface area contributed by atoms with Crippen molar-refractivity contribution in [2.45, 2.75) is 71.5 Å². The highest BCUT2D eigenvalue weighted by atomic mass is 32.2. The lowest BCUT2D eigenvalue weighted by atomic mass is 9.87. The molecular formula is C33H42FN3O4S. The van der Waals surface area contributed by atoms with Gasteiger partial charge in [-0.05, 0) is 67.1 Å². The van der Waals surface area contributed by atoms with E-state index in [4.69, 9.17) is 0 Å². The molecule has 0 spiro atoms. The number of sulfonamides is 1. The average molecular weight is 596 g/mol. The molecule has 0 fully saturated rings. The number of halogens is 1.